The second kappa shape index (κ2) is 8.34. The van der Waals surface area contributed by atoms with Gasteiger partial charge in [-0.1, -0.05) is 48.0 Å². The van der Waals surface area contributed by atoms with Crippen LogP contribution in [0.2, 0.25) is 0 Å². The predicted octanol–water partition coefficient (Wildman–Crippen LogP) is 3.59. The van der Waals surface area contributed by atoms with Crippen molar-refractivity contribution in [1.82, 2.24) is 15.3 Å². The fraction of sp³-hybridized carbons (Fsp3) is 0.238. The summed E-state index contributed by atoms with van der Waals surface area (Å²) in [6.45, 7) is 3.77. The standard InChI is InChI=1S/C21H23N3O2/c1-15-8-10-18(11-9-15)26-16(2)21(25)24-19(14-20-22-12-13-23-20)17-6-4-3-5-7-17/h3-13,16,19H,14H2,1-2H3,(H,22,23)(H,24,25)/t16-,19+/m0/s1. The number of imidazole rings is 1. The molecule has 0 aliphatic heterocycles. The normalized spacial score (nSPS) is 13.0. The van der Waals surface area contributed by atoms with E-state index in [1.54, 1.807) is 19.3 Å². The zero-order valence-corrected chi connectivity index (χ0v) is 15.0. The van der Waals surface area contributed by atoms with Crippen molar-refractivity contribution in [1.29, 1.82) is 0 Å². The molecule has 0 unspecified atom stereocenters. The van der Waals surface area contributed by atoms with Gasteiger partial charge in [0.05, 0.1) is 6.04 Å². The Morgan fingerprint density at radius 1 is 1.15 bits per heavy atom. The van der Waals surface area contributed by atoms with Gasteiger partial charge in [0.15, 0.2) is 6.10 Å². The van der Waals surface area contributed by atoms with Crippen molar-refractivity contribution in [2.45, 2.75) is 32.4 Å². The van der Waals surface area contributed by atoms with Crippen molar-refractivity contribution in [3.05, 3.63) is 83.9 Å². The number of hydrogen-bond acceptors (Lipinski definition) is 3. The largest absolute Gasteiger partial charge is 0.481 e. The molecule has 26 heavy (non-hydrogen) atoms. The van der Waals surface area contributed by atoms with E-state index in [4.69, 9.17) is 4.74 Å². The van der Waals surface area contributed by atoms with Gasteiger partial charge in [-0.15, -0.1) is 0 Å². The molecular weight excluding hydrogens is 326 g/mol. The first kappa shape index (κ1) is 17.7. The second-order valence-electron chi connectivity index (χ2n) is 6.28. The minimum Gasteiger partial charge on any atom is -0.481 e. The number of aryl methyl sites for hydroxylation is 1. The highest BCUT2D eigenvalue weighted by molar-refractivity contribution is 5.81. The summed E-state index contributed by atoms with van der Waals surface area (Å²) >= 11 is 0. The second-order valence-corrected chi connectivity index (χ2v) is 6.28. The molecule has 5 nitrogen and oxygen atoms in total. The third kappa shape index (κ3) is 4.72. The lowest BCUT2D eigenvalue weighted by Gasteiger charge is -2.21. The number of amides is 1. The summed E-state index contributed by atoms with van der Waals surface area (Å²) < 4.78 is 5.77. The maximum atomic E-state index is 12.7. The van der Waals surface area contributed by atoms with Crippen molar-refractivity contribution in [2.75, 3.05) is 0 Å². The minimum atomic E-state index is -0.597. The van der Waals surface area contributed by atoms with E-state index in [9.17, 15) is 4.79 Å². The Labute approximate surface area is 153 Å². The number of ether oxygens (including phenoxy) is 1. The van der Waals surface area contributed by atoms with Gasteiger partial charge in [-0.3, -0.25) is 4.79 Å². The van der Waals surface area contributed by atoms with Gasteiger partial charge in [0, 0.05) is 18.8 Å². The first-order chi connectivity index (χ1) is 12.6. The molecule has 0 radical (unpaired) electrons. The van der Waals surface area contributed by atoms with Crippen molar-refractivity contribution < 1.29 is 9.53 Å². The molecule has 1 amide bonds. The average molecular weight is 349 g/mol. The van der Waals surface area contributed by atoms with E-state index in [-0.39, 0.29) is 11.9 Å². The molecule has 0 aliphatic carbocycles. The molecule has 0 saturated carbocycles. The number of nitrogens with one attached hydrogen (secondary N) is 2. The van der Waals surface area contributed by atoms with Crippen molar-refractivity contribution >= 4 is 5.91 Å². The van der Waals surface area contributed by atoms with E-state index in [2.05, 4.69) is 15.3 Å². The van der Waals surface area contributed by atoms with Crippen LogP contribution in [-0.4, -0.2) is 22.0 Å². The van der Waals surface area contributed by atoms with Crippen LogP contribution >= 0.6 is 0 Å². The lowest BCUT2D eigenvalue weighted by molar-refractivity contribution is -0.128. The highest BCUT2D eigenvalue weighted by Gasteiger charge is 2.21. The van der Waals surface area contributed by atoms with E-state index in [1.807, 2.05) is 61.5 Å². The monoisotopic (exact) mass is 349 g/mol. The van der Waals surface area contributed by atoms with Crippen LogP contribution in [0, 0.1) is 6.92 Å². The van der Waals surface area contributed by atoms with Crippen LogP contribution in [0.25, 0.3) is 0 Å². The molecule has 2 atom stereocenters. The summed E-state index contributed by atoms with van der Waals surface area (Å²) in [4.78, 5) is 20.0. The first-order valence-corrected chi connectivity index (χ1v) is 8.68. The molecule has 0 aliphatic rings. The summed E-state index contributed by atoms with van der Waals surface area (Å²) in [5.41, 5.74) is 2.18. The average Bonchev–Trinajstić information content (AvgIpc) is 3.17. The van der Waals surface area contributed by atoms with E-state index >= 15 is 0 Å². The molecule has 0 fully saturated rings. The van der Waals surface area contributed by atoms with Gasteiger partial charge in [-0.05, 0) is 31.5 Å². The molecule has 2 aromatic carbocycles. The molecular formula is C21H23N3O2. The number of carbonyl (C=O) groups is 1. The number of H-pyrrole nitrogens is 1. The van der Waals surface area contributed by atoms with E-state index in [0.29, 0.717) is 12.2 Å². The van der Waals surface area contributed by atoms with Gasteiger partial charge in [-0.25, -0.2) is 4.98 Å². The fourth-order valence-corrected chi connectivity index (χ4v) is 2.70. The SMILES string of the molecule is Cc1ccc(O[C@@H](C)C(=O)N[C@H](Cc2ncc[nH]2)c2ccccc2)cc1. The Morgan fingerprint density at radius 3 is 2.54 bits per heavy atom. The molecule has 2 N–H and O–H groups in total. The molecule has 134 valence electrons. The van der Waals surface area contributed by atoms with E-state index < -0.39 is 6.10 Å². The number of carbonyl (C=O) groups excluding carboxylic acids is 1. The van der Waals surface area contributed by atoms with E-state index in [1.165, 1.54) is 0 Å². The zero-order valence-electron chi connectivity index (χ0n) is 15.0. The number of aromatic amines is 1. The number of nitrogens with zero attached hydrogens (tertiary/aromatic N) is 1. The van der Waals surface area contributed by atoms with Gasteiger partial charge >= 0.3 is 0 Å². The van der Waals surface area contributed by atoms with Crippen molar-refractivity contribution in [3.63, 3.8) is 0 Å². The van der Waals surface area contributed by atoms with Crippen LogP contribution < -0.4 is 10.1 Å². The Hall–Kier alpha value is -3.08. The molecule has 0 bridgehead atoms. The van der Waals surface area contributed by atoms with Gasteiger partial charge in [0.25, 0.3) is 5.91 Å². The summed E-state index contributed by atoms with van der Waals surface area (Å²) in [6, 6.07) is 17.4. The third-order valence-electron chi connectivity index (χ3n) is 4.17. The van der Waals surface area contributed by atoms with Gasteiger partial charge in [0.2, 0.25) is 0 Å². The quantitative estimate of drug-likeness (QED) is 0.685. The molecule has 3 aromatic rings. The molecule has 0 saturated heterocycles. The van der Waals surface area contributed by atoms with E-state index in [0.717, 1.165) is 17.0 Å². The topological polar surface area (TPSA) is 67.0 Å². The Balaban J connectivity index is 1.68. The minimum absolute atomic E-state index is 0.161. The maximum absolute atomic E-state index is 12.7. The van der Waals surface area contributed by atoms with Crippen LogP contribution in [0.3, 0.4) is 0 Å². The number of hydrogen-bond donors (Lipinski definition) is 2. The lowest BCUT2D eigenvalue weighted by atomic mass is 10.0. The fourth-order valence-electron chi connectivity index (χ4n) is 2.70. The first-order valence-electron chi connectivity index (χ1n) is 8.68. The Bertz CT molecular complexity index is 814. The number of rotatable bonds is 7. The molecule has 1 heterocycles. The smallest absolute Gasteiger partial charge is 0.261 e. The lowest BCUT2D eigenvalue weighted by Crippen LogP contribution is -2.39. The summed E-state index contributed by atoms with van der Waals surface area (Å²) in [6.07, 6.45) is 3.48. The Morgan fingerprint density at radius 2 is 1.88 bits per heavy atom. The number of aromatic nitrogens is 2. The van der Waals surface area contributed by atoms with Crippen LogP contribution in [-0.2, 0) is 11.2 Å². The van der Waals surface area contributed by atoms with Crippen LogP contribution in [0.5, 0.6) is 5.75 Å². The highest BCUT2D eigenvalue weighted by Crippen LogP contribution is 2.18. The predicted molar refractivity (Wildman–Crippen MR) is 101 cm³/mol. The maximum Gasteiger partial charge on any atom is 0.261 e. The highest BCUT2D eigenvalue weighted by atomic mass is 16.5. The van der Waals surface area contributed by atoms with Crippen LogP contribution in [0.1, 0.15) is 29.9 Å². The third-order valence-corrected chi connectivity index (χ3v) is 4.17. The van der Waals surface area contributed by atoms with Crippen LogP contribution in [0.15, 0.2) is 67.0 Å². The Kier molecular flexibility index (Phi) is 5.69. The van der Waals surface area contributed by atoms with Crippen LogP contribution in [0.4, 0.5) is 0 Å². The summed E-state index contributed by atoms with van der Waals surface area (Å²) in [5, 5.41) is 3.08. The number of benzene rings is 2. The van der Waals surface area contributed by atoms with Crippen molar-refractivity contribution in [3.8, 4) is 5.75 Å². The molecule has 5 heteroatoms. The molecule has 0 spiro atoms. The van der Waals surface area contributed by atoms with Gasteiger partial charge in [0.1, 0.15) is 11.6 Å². The molecule has 3 rings (SSSR count). The van der Waals surface area contributed by atoms with Crippen molar-refractivity contribution in [2.24, 2.45) is 0 Å². The van der Waals surface area contributed by atoms with Gasteiger partial charge < -0.3 is 15.0 Å². The summed E-state index contributed by atoms with van der Waals surface area (Å²) in [7, 11) is 0. The zero-order chi connectivity index (χ0) is 18.4. The molecule has 1 aromatic heterocycles. The van der Waals surface area contributed by atoms with Gasteiger partial charge in [-0.2, -0.15) is 0 Å². The summed E-state index contributed by atoms with van der Waals surface area (Å²) in [5.74, 6) is 1.35.